The minimum atomic E-state index is -1.10. The molecule has 3 N–H and O–H groups in total. The number of halogens is 1. The van der Waals surface area contributed by atoms with E-state index in [0.29, 0.717) is 5.69 Å². The molecule has 0 heterocycles. The molecule has 1 unspecified atom stereocenters. The van der Waals surface area contributed by atoms with Gasteiger partial charge in [0.25, 0.3) is 0 Å². The van der Waals surface area contributed by atoms with E-state index in [4.69, 9.17) is 16.7 Å². The van der Waals surface area contributed by atoms with Gasteiger partial charge in [-0.3, -0.25) is 0 Å². The molecule has 0 saturated heterocycles. The molecular formula is C13H17ClN2O3S. The SMILES string of the molecule is CSCCC(C)NC(=O)Nc1ccc(C(=O)O)c(Cl)c1. The largest absolute Gasteiger partial charge is 0.478 e. The van der Waals surface area contributed by atoms with Crippen molar-refractivity contribution in [1.29, 1.82) is 0 Å². The van der Waals surface area contributed by atoms with Crippen LogP contribution in [0.3, 0.4) is 0 Å². The third-order valence-electron chi connectivity index (χ3n) is 2.59. The van der Waals surface area contributed by atoms with Crippen molar-refractivity contribution >= 4 is 41.1 Å². The fourth-order valence-corrected chi connectivity index (χ4v) is 2.37. The number of aromatic carboxylic acids is 1. The molecule has 0 aliphatic rings. The number of carboxylic acids is 1. The highest BCUT2D eigenvalue weighted by molar-refractivity contribution is 7.98. The summed E-state index contributed by atoms with van der Waals surface area (Å²) in [6, 6.07) is 4.00. The Morgan fingerprint density at radius 2 is 2.15 bits per heavy atom. The molecule has 0 aliphatic heterocycles. The summed E-state index contributed by atoms with van der Waals surface area (Å²) in [6.07, 6.45) is 2.89. The van der Waals surface area contributed by atoms with Crippen LogP contribution >= 0.6 is 23.4 Å². The van der Waals surface area contributed by atoms with Gasteiger partial charge in [0.05, 0.1) is 10.6 Å². The second-order valence-corrected chi connectivity index (χ2v) is 5.67. The third-order valence-corrected chi connectivity index (χ3v) is 3.55. The van der Waals surface area contributed by atoms with Crippen molar-refractivity contribution in [2.45, 2.75) is 19.4 Å². The van der Waals surface area contributed by atoms with Crippen molar-refractivity contribution in [2.24, 2.45) is 0 Å². The molecule has 0 bridgehead atoms. The lowest BCUT2D eigenvalue weighted by molar-refractivity contribution is 0.0697. The number of hydrogen-bond acceptors (Lipinski definition) is 3. The minimum absolute atomic E-state index is 0.00552. The van der Waals surface area contributed by atoms with E-state index in [-0.39, 0.29) is 22.7 Å². The van der Waals surface area contributed by atoms with Crippen LogP contribution in [0.25, 0.3) is 0 Å². The van der Waals surface area contributed by atoms with Crippen LogP contribution in [0.2, 0.25) is 5.02 Å². The zero-order chi connectivity index (χ0) is 15.1. The van der Waals surface area contributed by atoms with Crippen molar-refractivity contribution in [3.8, 4) is 0 Å². The molecule has 1 aromatic carbocycles. The molecule has 2 amide bonds. The Kier molecular flexibility index (Phi) is 6.67. The first kappa shape index (κ1) is 16.7. The minimum Gasteiger partial charge on any atom is -0.478 e. The molecule has 0 aliphatic carbocycles. The van der Waals surface area contributed by atoms with Gasteiger partial charge in [0.2, 0.25) is 0 Å². The summed E-state index contributed by atoms with van der Waals surface area (Å²) in [6.45, 7) is 1.93. The lowest BCUT2D eigenvalue weighted by Gasteiger charge is -2.14. The summed E-state index contributed by atoms with van der Waals surface area (Å²) in [7, 11) is 0. The van der Waals surface area contributed by atoms with Gasteiger partial charge in [0.1, 0.15) is 0 Å². The van der Waals surface area contributed by atoms with E-state index < -0.39 is 5.97 Å². The lowest BCUT2D eigenvalue weighted by atomic mass is 10.2. The number of anilines is 1. The summed E-state index contributed by atoms with van der Waals surface area (Å²) in [4.78, 5) is 22.5. The van der Waals surface area contributed by atoms with Crippen molar-refractivity contribution in [1.82, 2.24) is 5.32 Å². The number of benzene rings is 1. The Hall–Kier alpha value is -1.40. The first-order valence-electron chi connectivity index (χ1n) is 6.03. The van der Waals surface area contributed by atoms with Gasteiger partial charge >= 0.3 is 12.0 Å². The van der Waals surface area contributed by atoms with E-state index in [1.807, 2.05) is 13.2 Å². The second kappa shape index (κ2) is 8.01. The summed E-state index contributed by atoms with van der Waals surface area (Å²) < 4.78 is 0. The van der Waals surface area contributed by atoms with Gasteiger partial charge in [-0.05, 0) is 43.6 Å². The van der Waals surface area contributed by atoms with Crippen molar-refractivity contribution < 1.29 is 14.7 Å². The van der Waals surface area contributed by atoms with Crippen LogP contribution in [-0.4, -0.2) is 35.2 Å². The lowest BCUT2D eigenvalue weighted by Crippen LogP contribution is -2.36. The van der Waals surface area contributed by atoms with Gasteiger partial charge in [-0.25, -0.2) is 9.59 Å². The Bertz CT molecular complexity index is 497. The Morgan fingerprint density at radius 3 is 2.70 bits per heavy atom. The maximum Gasteiger partial charge on any atom is 0.337 e. The Labute approximate surface area is 127 Å². The molecule has 0 saturated carbocycles. The first-order valence-corrected chi connectivity index (χ1v) is 7.80. The summed E-state index contributed by atoms with van der Waals surface area (Å²) in [5.41, 5.74) is 0.459. The number of amides is 2. The van der Waals surface area contributed by atoms with Gasteiger partial charge in [0, 0.05) is 11.7 Å². The predicted octanol–water partition coefficient (Wildman–Crippen LogP) is 3.30. The molecule has 0 fully saturated rings. The van der Waals surface area contributed by atoms with E-state index in [1.54, 1.807) is 11.8 Å². The number of rotatable bonds is 6. The smallest absolute Gasteiger partial charge is 0.337 e. The first-order chi connectivity index (χ1) is 9.43. The molecule has 1 aromatic rings. The Balaban J connectivity index is 2.58. The van der Waals surface area contributed by atoms with Crippen molar-refractivity contribution in [3.05, 3.63) is 28.8 Å². The average molecular weight is 317 g/mol. The molecule has 1 rings (SSSR count). The molecule has 1 atom stereocenters. The summed E-state index contributed by atoms with van der Waals surface area (Å²) in [5.74, 6) is -0.127. The van der Waals surface area contributed by atoms with Gasteiger partial charge < -0.3 is 15.7 Å². The molecule has 7 heteroatoms. The van der Waals surface area contributed by atoms with E-state index in [1.165, 1.54) is 18.2 Å². The molecule has 0 aromatic heterocycles. The third kappa shape index (κ3) is 5.30. The van der Waals surface area contributed by atoms with Gasteiger partial charge in [0.15, 0.2) is 0 Å². The quantitative estimate of drug-likeness (QED) is 0.752. The number of hydrogen-bond donors (Lipinski definition) is 3. The van der Waals surface area contributed by atoms with Crippen LogP contribution in [0.4, 0.5) is 10.5 Å². The number of carbonyl (C=O) groups excluding carboxylic acids is 1. The molecule has 20 heavy (non-hydrogen) atoms. The maximum atomic E-state index is 11.7. The van der Waals surface area contributed by atoms with Crippen LogP contribution in [0, 0.1) is 0 Å². The fourth-order valence-electron chi connectivity index (χ4n) is 1.52. The molecule has 110 valence electrons. The summed E-state index contributed by atoms with van der Waals surface area (Å²) >= 11 is 7.55. The van der Waals surface area contributed by atoms with E-state index in [9.17, 15) is 9.59 Å². The highest BCUT2D eigenvalue weighted by atomic mass is 35.5. The number of nitrogens with one attached hydrogen (secondary N) is 2. The molecule has 0 spiro atoms. The number of urea groups is 1. The van der Waals surface area contributed by atoms with Gasteiger partial charge in [-0.1, -0.05) is 11.6 Å². The van der Waals surface area contributed by atoms with E-state index in [0.717, 1.165) is 12.2 Å². The topological polar surface area (TPSA) is 78.4 Å². The van der Waals surface area contributed by atoms with Crippen LogP contribution < -0.4 is 10.6 Å². The normalized spacial score (nSPS) is 11.8. The predicted molar refractivity (Wildman–Crippen MR) is 83.0 cm³/mol. The van der Waals surface area contributed by atoms with Crippen molar-refractivity contribution in [3.63, 3.8) is 0 Å². The van der Waals surface area contributed by atoms with E-state index >= 15 is 0 Å². The summed E-state index contributed by atoms with van der Waals surface area (Å²) in [5, 5.41) is 14.4. The molecule has 0 radical (unpaired) electrons. The maximum absolute atomic E-state index is 11.7. The number of carboxylic acid groups (broad SMARTS) is 1. The number of carbonyl (C=O) groups is 2. The highest BCUT2D eigenvalue weighted by Crippen LogP contribution is 2.20. The Morgan fingerprint density at radius 1 is 1.45 bits per heavy atom. The second-order valence-electron chi connectivity index (χ2n) is 4.28. The van der Waals surface area contributed by atoms with Gasteiger partial charge in [-0.2, -0.15) is 11.8 Å². The molecule has 5 nitrogen and oxygen atoms in total. The standard InChI is InChI=1S/C13H17ClN2O3S/c1-8(5-6-20-2)15-13(19)16-9-3-4-10(12(17)18)11(14)7-9/h3-4,7-8H,5-6H2,1-2H3,(H,17,18)(H2,15,16,19). The van der Waals surface area contributed by atoms with Crippen LogP contribution in [-0.2, 0) is 0 Å². The average Bonchev–Trinajstić information content (AvgIpc) is 2.35. The van der Waals surface area contributed by atoms with E-state index in [2.05, 4.69) is 10.6 Å². The zero-order valence-electron chi connectivity index (χ0n) is 11.3. The van der Waals surface area contributed by atoms with Crippen LogP contribution in [0.5, 0.6) is 0 Å². The van der Waals surface area contributed by atoms with Crippen LogP contribution in [0.15, 0.2) is 18.2 Å². The number of thioether (sulfide) groups is 1. The monoisotopic (exact) mass is 316 g/mol. The fraction of sp³-hybridized carbons (Fsp3) is 0.385. The zero-order valence-corrected chi connectivity index (χ0v) is 12.8. The van der Waals surface area contributed by atoms with Crippen molar-refractivity contribution in [2.75, 3.05) is 17.3 Å². The van der Waals surface area contributed by atoms with Crippen LogP contribution in [0.1, 0.15) is 23.7 Å². The molecular weight excluding hydrogens is 300 g/mol. The van der Waals surface area contributed by atoms with Gasteiger partial charge in [-0.15, -0.1) is 0 Å². The highest BCUT2D eigenvalue weighted by Gasteiger charge is 2.11.